The lowest BCUT2D eigenvalue weighted by Gasteiger charge is -2.09. The molecule has 3 heteroatoms. The molecule has 0 bridgehead atoms. The third-order valence-corrected chi connectivity index (χ3v) is 2.75. The van der Waals surface area contributed by atoms with Crippen LogP contribution in [0, 0.1) is 6.92 Å². The summed E-state index contributed by atoms with van der Waals surface area (Å²) in [6.07, 6.45) is 4.30. The molecular formula is C9H15NOS. The average Bonchev–Trinajstić information content (AvgIpc) is 2.47. The fraction of sp³-hybridized carbons (Fsp3) is 0.667. The van der Waals surface area contributed by atoms with Gasteiger partial charge < -0.3 is 4.74 Å². The van der Waals surface area contributed by atoms with Gasteiger partial charge in [0.1, 0.15) is 11.1 Å². The van der Waals surface area contributed by atoms with E-state index >= 15 is 0 Å². The molecule has 0 aromatic carbocycles. The zero-order valence-corrected chi connectivity index (χ0v) is 8.65. The molecule has 0 aliphatic rings. The molecule has 0 aliphatic carbocycles. The standard InChI is InChI=1S/C9H15NOS/c1-4-5-8(11-3)9-10-6-7(2)12-9/h6,8H,4-5H2,1-3H3. The molecule has 0 amide bonds. The van der Waals surface area contributed by atoms with E-state index in [1.165, 1.54) is 4.88 Å². The number of aromatic nitrogens is 1. The van der Waals surface area contributed by atoms with Gasteiger partial charge in [-0.15, -0.1) is 11.3 Å². The van der Waals surface area contributed by atoms with Crippen LogP contribution in [0.5, 0.6) is 0 Å². The highest BCUT2D eigenvalue weighted by molar-refractivity contribution is 7.11. The number of nitrogens with zero attached hydrogens (tertiary/aromatic N) is 1. The van der Waals surface area contributed by atoms with E-state index in [0.29, 0.717) is 0 Å². The SMILES string of the molecule is CCCC(OC)c1ncc(C)s1. The average molecular weight is 185 g/mol. The first-order valence-electron chi connectivity index (χ1n) is 4.23. The van der Waals surface area contributed by atoms with Crippen LogP contribution in [-0.4, -0.2) is 12.1 Å². The van der Waals surface area contributed by atoms with Gasteiger partial charge in [0.05, 0.1) is 0 Å². The number of hydrogen-bond acceptors (Lipinski definition) is 3. The summed E-state index contributed by atoms with van der Waals surface area (Å²) in [7, 11) is 1.75. The lowest BCUT2D eigenvalue weighted by Crippen LogP contribution is -1.99. The summed E-state index contributed by atoms with van der Waals surface area (Å²) in [4.78, 5) is 5.55. The molecule has 0 spiro atoms. The maximum Gasteiger partial charge on any atom is 0.122 e. The molecule has 1 heterocycles. The highest BCUT2D eigenvalue weighted by atomic mass is 32.1. The molecule has 0 N–H and O–H groups in total. The first-order chi connectivity index (χ1) is 5.77. The minimum absolute atomic E-state index is 0.202. The number of hydrogen-bond donors (Lipinski definition) is 0. The largest absolute Gasteiger partial charge is 0.374 e. The van der Waals surface area contributed by atoms with Gasteiger partial charge in [0.25, 0.3) is 0 Å². The highest BCUT2D eigenvalue weighted by Crippen LogP contribution is 2.25. The van der Waals surface area contributed by atoms with E-state index in [0.717, 1.165) is 17.8 Å². The molecule has 1 aromatic heterocycles. The van der Waals surface area contributed by atoms with Crippen molar-refractivity contribution >= 4 is 11.3 Å². The first-order valence-corrected chi connectivity index (χ1v) is 5.04. The third kappa shape index (κ3) is 2.29. The molecule has 12 heavy (non-hydrogen) atoms. The smallest absolute Gasteiger partial charge is 0.122 e. The van der Waals surface area contributed by atoms with E-state index < -0.39 is 0 Å². The number of methoxy groups -OCH3 is 1. The maximum atomic E-state index is 5.34. The molecule has 0 saturated carbocycles. The lowest BCUT2D eigenvalue weighted by molar-refractivity contribution is 0.0947. The van der Waals surface area contributed by atoms with Crippen LogP contribution >= 0.6 is 11.3 Å². The van der Waals surface area contributed by atoms with Crippen molar-refractivity contribution in [1.82, 2.24) is 4.98 Å². The molecule has 0 radical (unpaired) electrons. The van der Waals surface area contributed by atoms with Gasteiger partial charge in [-0.3, -0.25) is 0 Å². The zero-order valence-electron chi connectivity index (χ0n) is 7.83. The van der Waals surface area contributed by atoms with E-state index in [2.05, 4.69) is 18.8 Å². The first kappa shape index (κ1) is 9.68. The molecule has 1 unspecified atom stereocenters. The Labute approximate surface area is 77.6 Å². The van der Waals surface area contributed by atoms with Crippen molar-refractivity contribution in [3.63, 3.8) is 0 Å². The predicted molar refractivity (Wildman–Crippen MR) is 51.5 cm³/mol. The molecule has 1 aromatic rings. The lowest BCUT2D eigenvalue weighted by atomic mass is 10.2. The maximum absolute atomic E-state index is 5.34. The van der Waals surface area contributed by atoms with Gasteiger partial charge in [-0.25, -0.2) is 4.98 Å². The van der Waals surface area contributed by atoms with Gasteiger partial charge in [0, 0.05) is 18.2 Å². The Morgan fingerprint density at radius 1 is 1.67 bits per heavy atom. The van der Waals surface area contributed by atoms with Crippen molar-refractivity contribution in [3.8, 4) is 0 Å². The summed E-state index contributed by atoms with van der Waals surface area (Å²) in [5, 5.41) is 1.11. The van der Waals surface area contributed by atoms with E-state index in [1.54, 1.807) is 18.4 Å². The van der Waals surface area contributed by atoms with Crippen LogP contribution in [-0.2, 0) is 4.74 Å². The van der Waals surface area contributed by atoms with Crippen molar-refractivity contribution < 1.29 is 4.74 Å². The Morgan fingerprint density at radius 2 is 2.42 bits per heavy atom. The summed E-state index contributed by atoms with van der Waals surface area (Å²) < 4.78 is 5.34. The van der Waals surface area contributed by atoms with Crippen LogP contribution < -0.4 is 0 Å². The third-order valence-electron chi connectivity index (χ3n) is 1.75. The van der Waals surface area contributed by atoms with E-state index in [1.807, 2.05) is 6.20 Å². The van der Waals surface area contributed by atoms with Gasteiger partial charge in [0.2, 0.25) is 0 Å². The minimum Gasteiger partial charge on any atom is -0.374 e. The van der Waals surface area contributed by atoms with Gasteiger partial charge in [-0.1, -0.05) is 13.3 Å². The molecular weight excluding hydrogens is 170 g/mol. The molecule has 2 nitrogen and oxygen atoms in total. The van der Waals surface area contributed by atoms with Crippen LogP contribution in [0.1, 0.15) is 35.8 Å². The Morgan fingerprint density at radius 3 is 2.83 bits per heavy atom. The molecule has 68 valence electrons. The second-order valence-corrected chi connectivity index (χ2v) is 4.09. The van der Waals surface area contributed by atoms with Crippen molar-refractivity contribution in [1.29, 1.82) is 0 Å². The number of rotatable bonds is 4. The van der Waals surface area contributed by atoms with Gasteiger partial charge in [-0.2, -0.15) is 0 Å². The number of ether oxygens (including phenoxy) is 1. The van der Waals surface area contributed by atoms with E-state index in [4.69, 9.17) is 4.74 Å². The van der Waals surface area contributed by atoms with Crippen molar-refractivity contribution in [2.24, 2.45) is 0 Å². The quantitative estimate of drug-likeness (QED) is 0.719. The Bertz CT molecular complexity index is 234. The summed E-state index contributed by atoms with van der Waals surface area (Å²) >= 11 is 1.72. The van der Waals surface area contributed by atoms with E-state index in [9.17, 15) is 0 Å². The Kier molecular flexibility index (Phi) is 3.69. The van der Waals surface area contributed by atoms with E-state index in [-0.39, 0.29) is 6.10 Å². The summed E-state index contributed by atoms with van der Waals surface area (Å²) in [6, 6.07) is 0. The fourth-order valence-corrected chi connectivity index (χ4v) is 2.01. The van der Waals surface area contributed by atoms with Crippen LogP contribution in [0.15, 0.2) is 6.20 Å². The normalized spacial score (nSPS) is 13.2. The van der Waals surface area contributed by atoms with Crippen LogP contribution in [0.25, 0.3) is 0 Å². The highest BCUT2D eigenvalue weighted by Gasteiger charge is 2.12. The Balaban J connectivity index is 2.66. The second-order valence-electron chi connectivity index (χ2n) is 2.82. The van der Waals surface area contributed by atoms with Crippen molar-refractivity contribution in [3.05, 3.63) is 16.1 Å². The second kappa shape index (κ2) is 4.58. The molecule has 1 atom stereocenters. The van der Waals surface area contributed by atoms with Crippen molar-refractivity contribution in [2.75, 3.05) is 7.11 Å². The molecule has 0 saturated heterocycles. The predicted octanol–water partition coefficient (Wildman–Crippen LogP) is 2.94. The van der Waals surface area contributed by atoms with Crippen LogP contribution in [0.2, 0.25) is 0 Å². The van der Waals surface area contributed by atoms with Crippen molar-refractivity contribution in [2.45, 2.75) is 32.8 Å². The Hall–Kier alpha value is -0.410. The summed E-state index contributed by atoms with van der Waals surface area (Å²) in [5.74, 6) is 0. The summed E-state index contributed by atoms with van der Waals surface area (Å²) in [5.41, 5.74) is 0. The zero-order chi connectivity index (χ0) is 8.97. The molecule has 0 fully saturated rings. The minimum atomic E-state index is 0.202. The summed E-state index contributed by atoms with van der Waals surface area (Å²) in [6.45, 7) is 4.23. The molecule has 0 aliphatic heterocycles. The number of thiazole rings is 1. The van der Waals surface area contributed by atoms with Crippen LogP contribution in [0.4, 0.5) is 0 Å². The van der Waals surface area contributed by atoms with Crippen LogP contribution in [0.3, 0.4) is 0 Å². The van der Waals surface area contributed by atoms with Gasteiger partial charge in [0.15, 0.2) is 0 Å². The monoisotopic (exact) mass is 185 g/mol. The fourth-order valence-electron chi connectivity index (χ4n) is 1.13. The van der Waals surface area contributed by atoms with Gasteiger partial charge in [-0.05, 0) is 13.3 Å². The molecule has 1 rings (SSSR count). The topological polar surface area (TPSA) is 22.1 Å². The van der Waals surface area contributed by atoms with Gasteiger partial charge >= 0.3 is 0 Å². The number of aryl methyl sites for hydroxylation is 1.